The van der Waals surface area contributed by atoms with E-state index in [1.807, 2.05) is 37.3 Å². The smallest absolute Gasteiger partial charge is 0.136 e. The third-order valence-electron chi connectivity index (χ3n) is 4.05. The van der Waals surface area contributed by atoms with Gasteiger partial charge in [-0.3, -0.25) is 0 Å². The van der Waals surface area contributed by atoms with Crippen molar-refractivity contribution in [2.75, 3.05) is 23.3 Å². The molecule has 5 heteroatoms. The van der Waals surface area contributed by atoms with E-state index in [0.29, 0.717) is 0 Å². The number of nitrogens with zero attached hydrogens (tertiary/aromatic N) is 3. The quantitative estimate of drug-likeness (QED) is 0.910. The van der Waals surface area contributed by atoms with Gasteiger partial charge < -0.3 is 10.2 Å². The molecule has 1 aliphatic heterocycles. The van der Waals surface area contributed by atoms with Gasteiger partial charge >= 0.3 is 0 Å². The van der Waals surface area contributed by atoms with Gasteiger partial charge in [0.1, 0.15) is 17.5 Å². The van der Waals surface area contributed by atoms with Gasteiger partial charge in [-0.15, -0.1) is 0 Å². The van der Waals surface area contributed by atoms with Crippen LogP contribution in [0.25, 0.3) is 0 Å². The molecule has 3 rings (SSSR count). The first kappa shape index (κ1) is 15.1. The number of benzene rings is 1. The van der Waals surface area contributed by atoms with Crippen LogP contribution in [-0.2, 0) is 0 Å². The lowest BCUT2D eigenvalue weighted by Gasteiger charge is -2.31. The minimum atomic E-state index is 0.729. The zero-order valence-electron chi connectivity index (χ0n) is 13.0. The van der Waals surface area contributed by atoms with E-state index in [4.69, 9.17) is 11.6 Å². The minimum Gasteiger partial charge on any atom is -0.356 e. The van der Waals surface area contributed by atoms with Crippen molar-refractivity contribution in [1.29, 1.82) is 0 Å². The number of aromatic nitrogens is 2. The number of hydrogen-bond acceptors (Lipinski definition) is 4. The summed E-state index contributed by atoms with van der Waals surface area (Å²) in [5.74, 6) is 3.43. The molecule has 1 saturated heterocycles. The Morgan fingerprint density at radius 2 is 1.82 bits per heavy atom. The van der Waals surface area contributed by atoms with Gasteiger partial charge in [0.05, 0.1) is 0 Å². The van der Waals surface area contributed by atoms with Crippen LogP contribution < -0.4 is 10.2 Å². The van der Waals surface area contributed by atoms with Crippen molar-refractivity contribution in [2.45, 2.75) is 26.7 Å². The van der Waals surface area contributed by atoms with Gasteiger partial charge in [0, 0.05) is 29.9 Å². The Labute approximate surface area is 136 Å². The molecule has 0 atom stereocenters. The number of rotatable bonds is 3. The van der Waals surface area contributed by atoms with E-state index in [0.717, 1.165) is 47.2 Å². The Morgan fingerprint density at radius 1 is 1.14 bits per heavy atom. The van der Waals surface area contributed by atoms with Gasteiger partial charge in [-0.25, -0.2) is 9.97 Å². The minimum absolute atomic E-state index is 0.729. The lowest BCUT2D eigenvalue weighted by Crippen LogP contribution is -2.33. The molecule has 1 N–H and O–H groups in total. The first-order chi connectivity index (χ1) is 10.6. The average molecular weight is 317 g/mol. The Hall–Kier alpha value is -1.81. The first-order valence-corrected chi connectivity index (χ1v) is 8.11. The molecule has 116 valence electrons. The second-order valence-corrected chi connectivity index (χ2v) is 6.40. The van der Waals surface area contributed by atoms with Crippen molar-refractivity contribution in [3.63, 3.8) is 0 Å². The van der Waals surface area contributed by atoms with E-state index in [2.05, 4.69) is 27.1 Å². The molecule has 1 fully saturated rings. The number of halogens is 1. The molecule has 0 unspecified atom stereocenters. The van der Waals surface area contributed by atoms with E-state index in [1.165, 1.54) is 12.8 Å². The molecular weight excluding hydrogens is 296 g/mol. The summed E-state index contributed by atoms with van der Waals surface area (Å²) in [5.41, 5.74) is 0.973. The van der Waals surface area contributed by atoms with E-state index < -0.39 is 0 Å². The molecule has 1 aliphatic rings. The molecule has 0 radical (unpaired) electrons. The van der Waals surface area contributed by atoms with Gasteiger partial charge in [0.15, 0.2) is 0 Å². The molecule has 0 bridgehead atoms. The summed E-state index contributed by atoms with van der Waals surface area (Å²) in [4.78, 5) is 11.4. The van der Waals surface area contributed by atoms with Crippen molar-refractivity contribution < 1.29 is 0 Å². The number of nitrogens with one attached hydrogen (secondary N) is 1. The zero-order chi connectivity index (χ0) is 15.5. The predicted octanol–water partition coefficient (Wildman–Crippen LogP) is 4.42. The van der Waals surface area contributed by atoms with Crippen LogP contribution in [0.5, 0.6) is 0 Å². The molecule has 2 aromatic rings. The second-order valence-electron chi connectivity index (χ2n) is 5.96. The Kier molecular flexibility index (Phi) is 4.48. The highest BCUT2D eigenvalue weighted by Crippen LogP contribution is 2.25. The van der Waals surface area contributed by atoms with Crippen molar-refractivity contribution >= 4 is 28.9 Å². The zero-order valence-corrected chi connectivity index (χ0v) is 13.8. The normalized spacial score (nSPS) is 15.9. The van der Waals surface area contributed by atoms with Crippen LogP contribution in [0.1, 0.15) is 25.6 Å². The van der Waals surface area contributed by atoms with Gasteiger partial charge in [-0.1, -0.05) is 18.5 Å². The Bertz CT molecular complexity index is 634. The van der Waals surface area contributed by atoms with Gasteiger partial charge in [-0.05, 0) is 49.9 Å². The lowest BCUT2D eigenvalue weighted by atomic mass is 9.99. The molecule has 0 aliphatic carbocycles. The maximum Gasteiger partial charge on any atom is 0.136 e. The van der Waals surface area contributed by atoms with Crippen molar-refractivity contribution in [2.24, 2.45) is 5.92 Å². The molecule has 0 spiro atoms. The maximum absolute atomic E-state index is 5.92. The van der Waals surface area contributed by atoms with Crippen LogP contribution in [0, 0.1) is 12.8 Å². The van der Waals surface area contributed by atoms with Crippen LogP contribution in [-0.4, -0.2) is 23.1 Å². The average Bonchev–Trinajstić information content (AvgIpc) is 2.50. The third kappa shape index (κ3) is 3.69. The highest BCUT2D eigenvalue weighted by molar-refractivity contribution is 6.30. The summed E-state index contributed by atoms with van der Waals surface area (Å²) in [7, 11) is 0. The fourth-order valence-corrected chi connectivity index (χ4v) is 2.82. The van der Waals surface area contributed by atoms with E-state index in [1.54, 1.807) is 0 Å². The Balaban J connectivity index is 1.79. The predicted molar refractivity (Wildman–Crippen MR) is 92.1 cm³/mol. The summed E-state index contributed by atoms with van der Waals surface area (Å²) in [6, 6.07) is 9.65. The molecule has 0 saturated carbocycles. The van der Waals surface area contributed by atoms with Crippen LogP contribution in [0.4, 0.5) is 17.3 Å². The van der Waals surface area contributed by atoms with Gasteiger partial charge in [-0.2, -0.15) is 0 Å². The molecule has 0 amide bonds. The van der Waals surface area contributed by atoms with Crippen molar-refractivity contribution in [3.05, 3.63) is 41.2 Å². The Morgan fingerprint density at radius 3 is 2.50 bits per heavy atom. The molecule has 1 aromatic heterocycles. The number of anilines is 3. The van der Waals surface area contributed by atoms with E-state index in [9.17, 15) is 0 Å². The van der Waals surface area contributed by atoms with E-state index >= 15 is 0 Å². The molecular formula is C17H21ClN4. The van der Waals surface area contributed by atoms with Gasteiger partial charge in [0.25, 0.3) is 0 Å². The topological polar surface area (TPSA) is 41.1 Å². The lowest BCUT2D eigenvalue weighted by molar-refractivity contribution is 0.436. The summed E-state index contributed by atoms with van der Waals surface area (Å²) in [6.45, 7) is 6.38. The van der Waals surface area contributed by atoms with Crippen LogP contribution in [0.15, 0.2) is 30.3 Å². The molecule has 22 heavy (non-hydrogen) atoms. The van der Waals surface area contributed by atoms with Crippen molar-refractivity contribution in [3.8, 4) is 0 Å². The number of aryl methyl sites for hydroxylation is 1. The first-order valence-electron chi connectivity index (χ1n) is 7.73. The highest BCUT2D eigenvalue weighted by Gasteiger charge is 2.18. The molecule has 1 aromatic carbocycles. The molecule has 2 heterocycles. The summed E-state index contributed by atoms with van der Waals surface area (Å²) >= 11 is 5.92. The maximum atomic E-state index is 5.92. The molecule has 4 nitrogen and oxygen atoms in total. The van der Waals surface area contributed by atoms with Crippen LogP contribution >= 0.6 is 11.6 Å². The van der Waals surface area contributed by atoms with Crippen molar-refractivity contribution in [1.82, 2.24) is 9.97 Å². The monoisotopic (exact) mass is 316 g/mol. The second kappa shape index (κ2) is 6.53. The fraction of sp³-hybridized carbons (Fsp3) is 0.412. The summed E-state index contributed by atoms with van der Waals surface area (Å²) in [6.07, 6.45) is 2.45. The standard InChI is InChI=1S/C17H21ClN4/c1-12-7-9-22(10-8-12)17-11-16(19-13(2)20-17)21-15-5-3-14(18)4-6-15/h3-6,11-12H,7-10H2,1-2H3,(H,19,20,21). The summed E-state index contributed by atoms with van der Waals surface area (Å²) in [5, 5.41) is 4.05. The number of piperidine rings is 1. The van der Waals surface area contributed by atoms with Crippen LogP contribution in [0.2, 0.25) is 5.02 Å². The SMILES string of the molecule is Cc1nc(Nc2ccc(Cl)cc2)cc(N2CCC(C)CC2)n1. The largest absolute Gasteiger partial charge is 0.356 e. The van der Waals surface area contributed by atoms with E-state index in [-0.39, 0.29) is 0 Å². The third-order valence-corrected chi connectivity index (χ3v) is 4.30. The van der Waals surface area contributed by atoms with Gasteiger partial charge in [0.2, 0.25) is 0 Å². The number of hydrogen-bond donors (Lipinski definition) is 1. The fourth-order valence-electron chi connectivity index (χ4n) is 2.70. The summed E-state index contributed by atoms with van der Waals surface area (Å²) < 4.78 is 0. The van der Waals surface area contributed by atoms with Crippen LogP contribution in [0.3, 0.4) is 0 Å². The highest BCUT2D eigenvalue weighted by atomic mass is 35.5.